The molecule has 4 heterocycles. The average Bonchev–Trinajstić information content (AvgIpc) is 3.19. The summed E-state index contributed by atoms with van der Waals surface area (Å²) < 4.78 is 14.0. The van der Waals surface area contributed by atoms with Crippen LogP contribution in [0.4, 0.5) is 15.3 Å². The van der Waals surface area contributed by atoms with Crippen LogP contribution >= 0.6 is 11.3 Å². The summed E-state index contributed by atoms with van der Waals surface area (Å²) in [5.74, 6) is 2.34. The fourth-order valence-corrected chi connectivity index (χ4v) is 4.88. The first-order valence-corrected chi connectivity index (χ1v) is 9.97. The van der Waals surface area contributed by atoms with E-state index in [0.29, 0.717) is 11.6 Å². The summed E-state index contributed by atoms with van der Waals surface area (Å²) in [4.78, 5) is 17.2. The zero-order valence-corrected chi connectivity index (χ0v) is 15.4. The van der Waals surface area contributed by atoms with Crippen LogP contribution in [-0.2, 0) is 0 Å². The molecule has 0 N–H and O–H groups in total. The molecule has 0 bridgehead atoms. The second-order valence-corrected chi connectivity index (χ2v) is 7.93. The van der Waals surface area contributed by atoms with E-state index in [0.717, 1.165) is 56.0 Å². The van der Waals surface area contributed by atoms with Gasteiger partial charge in [0, 0.05) is 37.8 Å². The summed E-state index contributed by atoms with van der Waals surface area (Å²) >= 11 is 1.73. The first kappa shape index (κ1) is 16.7. The molecule has 0 radical (unpaired) electrons. The summed E-state index contributed by atoms with van der Waals surface area (Å²) in [5.41, 5.74) is 0. The average molecular weight is 361 g/mol. The summed E-state index contributed by atoms with van der Waals surface area (Å²) in [7, 11) is 0. The van der Waals surface area contributed by atoms with Crippen LogP contribution < -0.4 is 9.80 Å². The second-order valence-electron chi connectivity index (χ2n) is 7.05. The number of rotatable bonds is 3. The molecule has 0 aliphatic carbocycles. The Morgan fingerprint density at radius 1 is 1.00 bits per heavy atom. The molecule has 0 aromatic carbocycles. The van der Waals surface area contributed by atoms with Crippen molar-refractivity contribution in [2.24, 2.45) is 11.8 Å². The van der Waals surface area contributed by atoms with Gasteiger partial charge in [-0.15, -0.1) is 11.3 Å². The number of piperidine rings is 2. The number of aryl methyl sites for hydroxylation is 1. The normalized spacial score (nSPS) is 20.2. The quantitative estimate of drug-likeness (QED) is 0.837. The molecule has 25 heavy (non-hydrogen) atoms. The minimum atomic E-state index is -0.305. The molecule has 0 spiro atoms. The third-order valence-corrected chi connectivity index (χ3v) is 6.41. The predicted molar refractivity (Wildman–Crippen MR) is 98.7 cm³/mol. The van der Waals surface area contributed by atoms with E-state index in [-0.39, 0.29) is 5.82 Å². The molecule has 0 saturated carbocycles. The Kier molecular flexibility index (Phi) is 4.83. The topological polar surface area (TPSA) is 45.2 Å². The molecule has 134 valence electrons. The van der Waals surface area contributed by atoms with Crippen molar-refractivity contribution in [2.45, 2.75) is 32.6 Å². The van der Waals surface area contributed by atoms with Gasteiger partial charge in [0.1, 0.15) is 5.82 Å². The van der Waals surface area contributed by atoms with Crippen molar-refractivity contribution in [1.29, 1.82) is 0 Å². The van der Waals surface area contributed by atoms with Gasteiger partial charge in [-0.25, -0.2) is 19.3 Å². The van der Waals surface area contributed by atoms with Gasteiger partial charge in [0.05, 0.1) is 6.20 Å². The Hall–Kier alpha value is -1.76. The molecule has 5 nitrogen and oxygen atoms in total. The molecule has 2 fully saturated rings. The van der Waals surface area contributed by atoms with Gasteiger partial charge in [-0.2, -0.15) is 0 Å². The fourth-order valence-electron chi connectivity index (χ4n) is 4.18. The van der Waals surface area contributed by atoms with Gasteiger partial charge in [0.25, 0.3) is 0 Å². The van der Waals surface area contributed by atoms with E-state index in [1.165, 1.54) is 19.0 Å². The number of hydrogen-bond donors (Lipinski definition) is 0. The highest BCUT2D eigenvalue weighted by atomic mass is 32.1. The van der Waals surface area contributed by atoms with E-state index in [9.17, 15) is 4.39 Å². The van der Waals surface area contributed by atoms with E-state index < -0.39 is 0 Å². The molecular weight excluding hydrogens is 337 g/mol. The van der Waals surface area contributed by atoms with Crippen LogP contribution in [0.25, 0.3) is 0 Å². The van der Waals surface area contributed by atoms with E-state index in [2.05, 4.69) is 24.8 Å². The SMILES string of the molecule is Cc1ncc(F)c(N2CCC(C3CCN(c4nccs4)CC3)CC2)n1. The number of hydrogen-bond acceptors (Lipinski definition) is 6. The smallest absolute Gasteiger partial charge is 0.185 e. The van der Waals surface area contributed by atoms with Gasteiger partial charge < -0.3 is 9.80 Å². The van der Waals surface area contributed by atoms with Crippen LogP contribution in [0, 0.1) is 24.6 Å². The minimum Gasteiger partial charge on any atom is -0.354 e. The van der Waals surface area contributed by atoms with Crippen LogP contribution in [0.3, 0.4) is 0 Å². The number of halogens is 1. The van der Waals surface area contributed by atoms with Crippen LogP contribution in [0.1, 0.15) is 31.5 Å². The Morgan fingerprint density at radius 2 is 1.64 bits per heavy atom. The third kappa shape index (κ3) is 3.61. The van der Waals surface area contributed by atoms with Gasteiger partial charge in [0.15, 0.2) is 16.8 Å². The third-order valence-electron chi connectivity index (χ3n) is 5.58. The molecule has 2 aliphatic rings. The molecule has 2 aromatic heterocycles. The first-order valence-electron chi connectivity index (χ1n) is 9.09. The summed E-state index contributed by atoms with van der Waals surface area (Å²) in [6, 6.07) is 0. The molecular formula is C18H24FN5S. The van der Waals surface area contributed by atoms with Crippen molar-refractivity contribution in [3.05, 3.63) is 29.4 Å². The van der Waals surface area contributed by atoms with E-state index >= 15 is 0 Å². The Balaban J connectivity index is 1.31. The molecule has 2 aliphatic heterocycles. The lowest BCUT2D eigenvalue weighted by Crippen LogP contribution is -2.41. The van der Waals surface area contributed by atoms with E-state index in [4.69, 9.17) is 0 Å². The van der Waals surface area contributed by atoms with Crippen LogP contribution in [0.5, 0.6) is 0 Å². The van der Waals surface area contributed by atoms with Crippen molar-refractivity contribution in [2.75, 3.05) is 36.0 Å². The summed E-state index contributed by atoms with van der Waals surface area (Å²) in [6.45, 7) is 5.82. The molecule has 0 unspecified atom stereocenters. The Morgan fingerprint density at radius 3 is 2.24 bits per heavy atom. The second kappa shape index (κ2) is 7.23. The minimum absolute atomic E-state index is 0.305. The zero-order valence-electron chi connectivity index (χ0n) is 14.6. The van der Waals surface area contributed by atoms with Crippen LogP contribution in [-0.4, -0.2) is 41.1 Å². The largest absolute Gasteiger partial charge is 0.354 e. The predicted octanol–water partition coefficient (Wildman–Crippen LogP) is 3.51. The molecule has 4 rings (SSSR count). The van der Waals surface area contributed by atoms with Crippen LogP contribution in [0.2, 0.25) is 0 Å². The summed E-state index contributed by atoms with van der Waals surface area (Å²) in [6.07, 6.45) is 7.92. The molecule has 2 saturated heterocycles. The number of thiazole rings is 1. The number of aromatic nitrogens is 3. The van der Waals surface area contributed by atoms with Gasteiger partial charge in [-0.1, -0.05) is 0 Å². The van der Waals surface area contributed by atoms with E-state index in [1.807, 2.05) is 18.5 Å². The lowest BCUT2D eigenvalue weighted by molar-refractivity contribution is 0.232. The standard InChI is InChI=1S/C18H24FN5S/c1-13-21-12-16(19)17(22-13)23-7-2-14(3-8-23)15-4-9-24(10-5-15)18-20-6-11-25-18/h6,11-12,14-15H,2-5,7-10H2,1H3. The maximum atomic E-state index is 14.0. The van der Waals surface area contributed by atoms with Gasteiger partial charge >= 0.3 is 0 Å². The highest BCUT2D eigenvalue weighted by molar-refractivity contribution is 7.13. The molecule has 0 atom stereocenters. The van der Waals surface area contributed by atoms with Crippen molar-refractivity contribution >= 4 is 22.3 Å². The maximum Gasteiger partial charge on any atom is 0.185 e. The lowest BCUT2D eigenvalue weighted by atomic mass is 9.79. The highest BCUT2D eigenvalue weighted by Crippen LogP contribution is 2.35. The number of nitrogens with zero attached hydrogens (tertiary/aromatic N) is 5. The van der Waals surface area contributed by atoms with Gasteiger partial charge in [0.2, 0.25) is 0 Å². The van der Waals surface area contributed by atoms with Crippen molar-refractivity contribution in [1.82, 2.24) is 15.0 Å². The fraction of sp³-hybridized carbons (Fsp3) is 0.611. The van der Waals surface area contributed by atoms with E-state index in [1.54, 1.807) is 11.3 Å². The van der Waals surface area contributed by atoms with Gasteiger partial charge in [-0.3, -0.25) is 0 Å². The first-order chi connectivity index (χ1) is 12.2. The van der Waals surface area contributed by atoms with Gasteiger partial charge in [-0.05, 0) is 44.4 Å². The van der Waals surface area contributed by atoms with Crippen molar-refractivity contribution in [3.8, 4) is 0 Å². The molecule has 7 heteroatoms. The highest BCUT2D eigenvalue weighted by Gasteiger charge is 2.31. The lowest BCUT2D eigenvalue weighted by Gasteiger charge is -2.40. The number of anilines is 2. The Bertz CT molecular complexity index is 691. The van der Waals surface area contributed by atoms with Crippen molar-refractivity contribution < 1.29 is 4.39 Å². The Labute approximate surface area is 151 Å². The van der Waals surface area contributed by atoms with Crippen LogP contribution in [0.15, 0.2) is 17.8 Å². The zero-order chi connectivity index (χ0) is 17.2. The maximum absolute atomic E-state index is 14.0. The summed E-state index contributed by atoms with van der Waals surface area (Å²) in [5, 5.41) is 3.20. The monoisotopic (exact) mass is 361 g/mol. The molecule has 2 aromatic rings. The molecule has 0 amide bonds. The van der Waals surface area contributed by atoms with Crippen molar-refractivity contribution in [3.63, 3.8) is 0 Å².